The molecular weight excluding hydrogens is 374 g/mol. The average molecular weight is 398 g/mol. The quantitative estimate of drug-likeness (QED) is 0.392. The van der Waals surface area contributed by atoms with E-state index in [1.165, 1.54) is 45.1 Å². The van der Waals surface area contributed by atoms with Crippen LogP contribution in [0.3, 0.4) is 0 Å². The second-order valence-corrected chi connectivity index (χ2v) is 10.2. The van der Waals surface area contributed by atoms with Crippen LogP contribution in [0.1, 0.15) is 31.2 Å². The summed E-state index contributed by atoms with van der Waals surface area (Å²) in [6.45, 7) is 0. The van der Waals surface area contributed by atoms with Crippen molar-refractivity contribution >= 4 is 38.2 Å². The van der Waals surface area contributed by atoms with E-state index in [0.717, 1.165) is 19.3 Å². The molecule has 3 heteroatoms. The summed E-state index contributed by atoms with van der Waals surface area (Å²) in [5.74, 6) is 0. The van der Waals surface area contributed by atoms with Crippen LogP contribution in [0.2, 0.25) is 0 Å². The largest absolute Gasteiger partial charge is 0.309 e. The first-order valence-electron chi connectivity index (χ1n) is 10.5. The fourth-order valence-electron chi connectivity index (χ4n) is 5.14. The van der Waals surface area contributed by atoms with Gasteiger partial charge in [-0.1, -0.05) is 61.0 Å². The summed E-state index contributed by atoms with van der Waals surface area (Å²) in [6, 6.07) is 26.2. The molecule has 2 bridgehead atoms. The molecule has 0 saturated carbocycles. The molecule has 1 aromatic heterocycles. The van der Waals surface area contributed by atoms with Crippen LogP contribution in [0.25, 0.3) is 33.1 Å². The smallest absolute Gasteiger partial charge is 0.0541 e. The molecule has 29 heavy (non-hydrogen) atoms. The number of para-hydroxylation sites is 2. The number of allylic oxidation sites excluding steroid dienone is 1. The standard InChI is InChI=1S/C26H23NOS/c28-29-21-6-5-7-22(29)17-19(16-21)18-12-14-20(15-13-18)27-25-10-3-1-8-23(25)24-9-2-4-11-26(24)27/h1-4,8-16,21-22H,5-7,17H2. The van der Waals surface area contributed by atoms with Crippen molar-refractivity contribution in [3.63, 3.8) is 0 Å². The Morgan fingerprint density at radius 1 is 0.793 bits per heavy atom. The van der Waals surface area contributed by atoms with Crippen molar-refractivity contribution in [2.45, 2.75) is 36.2 Å². The number of benzene rings is 3. The maximum Gasteiger partial charge on any atom is 0.0541 e. The van der Waals surface area contributed by atoms with Crippen LogP contribution < -0.4 is 0 Å². The van der Waals surface area contributed by atoms with Gasteiger partial charge in [0.1, 0.15) is 0 Å². The average Bonchev–Trinajstić information content (AvgIpc) is 3.08. The fraction of sp³-hybridized carbons (Fsp3) is 0.231. The molecule has 0 radical (unpaired) electrons. The number of rotatable bonds is 2. The molecule has 0 spiro atoms. The van der Waals surface area contributed by atoms with E-state index in [-0.39, 0.29) is 5.25 Å². The van der Waals surface area contributed by atoms with Gasteiger partial charge in [0, 0.05) is 32.5 Å². The Kier molecular flexibility index (Phi) is 3.98. The van der Waals surface area contributed by atoms with Gasteiger partial charge >= 0.3 is 0 Å². The summed E-state index contributed by atoms with van der Waals surface area (Å²) in [5.41, 5.74) is 6.33. The fourth-order valence-corrected chi connectivity index (χ4v) is 7.07. The lowest BCUT2D eigenvalue weighted by atomic mass is 9.93. The van der Waals surface area contributed by atoms with E-state index in [9.17, 15) is 4.21 Å². The highest BCUT2D eigenvalue weighted by Crippen LogP contribution is 2.38. The number of hydrogen-bond donors (Lipinski definition) is 0. The van der Waals surface area contributed by atoms with Crippen molar-refractivity contribution in [1.29, 1.82) is 0 Å². The van der Waals surface area contributed by atoms with Crippen molar-refractivity contribution in [2.24, 2.45) is 0 Å². The Morgan fingerprint density at radius 2 is 1.45 bits per heavy atom. The maximum absolute atomic E-state index is 12.5. The van der Waals surface area contributed by atoms with Crippen LogP contribution in [0.5, 0.6) is 0 Å². The molecular formula is C26H23NOS. The van der Waals surface area contributed by atoms with E-state index in [2.05, 4.69) is 83.4 Å². The minimum atomic E-state index is -0.671. The van der Waals surface area contributed by atoms with Crippen molar-refractivity contribution in [3.05, 3.63) is 84.4 Å². The van der Waals surface area contributed by atoms with Crippen LogP contribution in [0.15, 0.2) is 78.9 Å². The van der Waals surface area contributed by atoms with E-state index < -0.39 is 10.8 Å². The highest BCUT2D eigenvalue weighted by atomic mass is 32.2. The first-order chi connectivity index (χ1) is 14.3. The van der Waals surface area contributed by atoms with E-state index in [1.54, 1.807) is 0 Å². The molecule has 144 valence electrons. The molecule has 3 atom stereocenters. The molecule has 3 unspecified atom stereocenters. The third-order valence-corrected chi connectivity index (χ3v) is 8.58. The Bertz CT molecular complexity index is 1230. The molecule has 0 N–H and O–H groups in total. The summed E-state index contributed by atoms with van der Waals surface area (Å²) in [7, 11) is -0.671. The van der Waals surface area contributed by atoms with E-state index >= 15 is 0 Å². The van der Waals surface area contributed by atoms with Crippen molar-refractivity contribution < 1.29 is 4.21 Å². The first kappa shape index (κ1) is 17.2. The van der Waals surface area contributed by atoms with Crippen LogP contribution in [0.4, 0.5) is 0 Å². The molecule has 2 aliphatic heterocycles. The van der Waals surface area contributed by atoms with Crippen molar-refractivity contribution in [1.82, 2.24) is 4.57 Å². The highest BCUT2D eigenvalue weighted by Gasteiger charge is 2.33. The van der Waals surface area contributed by atoms with E-state index in [4.69, 9.17) is 0 Å². The lowest BCUT2D eigenvalue weighted by molar-refractivity contribution is 0.579. The number of hydrogen-bond acceptors (Lipinski definition) is 1. The Labute approximate surface area is 173 Å². The first-order valence-corrected chi connectivity index (χ1v) is 11.8. The van der Waals surface area contributed by atoms with Gasteiger partial charge < -0.3 is 4.57 Å². The van der Waals surface area contributed by atoms with E-state index in [0.29, 0.717) is 5.25 Å². The second-order valence-electron chi connectivity index (χ2n) is 8.23. The topological polar surface area (TPSA) is 22.0 Å². The van der Waals surface area contributed by atoms with Gasteiger partial charge in [0.2, 0.25) is 0 Å². The summed E-state index contributed by atoms with van der Waals surface area (Å²) >= 11 is 0. The second kappa shape index (κ2) is 6.70. The summed E-state index contributed by atoms with van der Waals surface area (Å²) in [6.07, 6.45) is 6.66. The molecule has 3 heterocycles. The van der Waals surface area contributed by atoms with Gasteiger partial charge in [-0.15, -0.1) is 0 Å². The third-order valence-electron chi connectivity index (χ3n) is 6.55. The molecule has 0 amide bonds. The minimum Gasteiger partial charge on any atom is -0.309 e. The summed E-state index contributed by atoms with van der Waals surface area (Å²) < 4.78 is 14.9. The van der Waals surface area contributed by atoms with Gasteiger partial charge in [-0.3, -0.25) is 4.21 Å². The van der Waals surface area contributed by atoms with Crippen molar-refractivity contribution in [3.8, 4) is 5.69 Å². The number of nitrogens with zero attached hydrogens (tertiary/aromatic N) is 1. The predicted molar refractivity (Wildman–Crippen MR) is 123 cm³/mol. The van der Waals surface area contributed by atoms with Gasteiger partial charge in [0.15, 0.2) is 0 Å². The van der Waals surface area contributed by atoms with Gasteiger partial charge in [0.25, 0.3) is 0 Å². The summed E-state index contributed by atoms with van der Waals surface area (Å²) in [4.78, 5) is 0. The van der Waals surface area contributed by atoms with Gasteiger partial charge in [-0.25, -0.2) is 0 Å². The third kappa shape index (κ3) is 2.71. The van der Waals surface area contributed by atoms with Crippen LogP contribution >= 0.6 is 0 Å². The van der Waals surface area contributed by atoms with Crippen molar-refractivity contribution in [2.75, 3.05) is 0 Å². The maximum atomic E-state index is 12.5. The normalized spacial score (nSPS) is 24.0. The lowest BCUT2D eigenvalue weighted by Gasteiger charge is -2.32. The molecule has 2 aliphatic rings. The molecule has 6 rings (SSSR count). The predicted octanol–water partition coefficient (Wildman–Crippen LogP) is 6.24. The number of fused-ring (bicyclic) bond motifs is 5. The van der Waals surface area contributed by atoms with Crippen LogP contribution in [0, 0.1) is 0 Å². The molecule has 1 saturated heterocycles. The van der Waals surface area contributed by atoms with Crippen LogP contribution in [-0.4, -0.2) is 19.3 Å². The number of aromatic nitrogens is 1. The van der Waals surface area contributed by atoms with E-state index in [1.807, 2.05) is 0 Å². The van der Waals surface area contributed by atoms with Gasteiger partial charge in [-0.2, -0.15) is 0 Å². The molecule has 4 aromatic rings. The Balaban J connectivity index is 1.45. The monoisotopic (exact) mass is 397 g/mol. The molecule has 1 fully saturated rings. The molecule has 3 aromatic carbocycles. The zero-order valence-corrected chi connectivity index (χ0v) is 17.1. The SMILES string of the molecule is O=S1C2C=C(c3ccc(-n4c5ccccc5c5ccccc54)cc3)CC1CCC2. The summed E-state index contributed by atoms with van der Waals surface area (Å²) in [5, 5.41) is 3.19. The van der Waals surface area contributed by atoms with Gasteiger partial charge in [-0.05, 0) is 54.7 Å². The zero-order chi connectivity index (χ0) is 19.4. The van der Waals surface area contributed by atoms with Crippen LogP contribution in [-0.2, 0) is 10.8 Å². The lowest BCUT2D eigenvalue weighted by Crippen LogP contribution is -2.33. The Morgan fingerprint density at radius 3 is 2.10 bits per heavy atom. The highest BCUT2D eigenvalue weighted by molar-refractivity contribution is 7.86. The molecule has 2 nitrogen and oxygen atoms in total. The minimum absolute atomic E-state index is 0.259. The molecule has 0 aliphatic carbocycles. The zero-order valence-electron chi connectivity index (χ0n) is 16.3. The van der Waals surface area contributed by atoms with Gasteiger partial charge in [0.05, 0.1) is 16.3 Å². The Hall–Kier alpha value is -2.65.